The lowest BCUT2D eigenvalue weighted by Gasteiger charge is -2.27. The summed E-state index contributed by atoms with van der Waals surface area (Å²) in [6, 6.07) is 6.40. The zero-order chi connectivity index (χ0) is 17.1. The van der Waals surface area contributed by atoms with Gasteiger partial charge in [0.1, 0.15) is 5.82 Å². The highest BCUT2D eigenvalue weighted by molar-refractivity contribution is 5.30. The Morgan fingerprint density at radius 3 is 1.91 bits per heavy atom. The van der Waals surface area contributed by atoms with Crippen molar-refractivity contribution in [2.45, 2.75) is 27.7 Å². The lowest BCUT2D eigenvalue weighted by Crippen LogP contribution is -2.44. The van der Waals surface area contributed by atoms with E-state index in [0.717, 1.165) is 43.3 Å². The molecule has 1 aliphatic heterocycles. The third-order valence-corrected chi connectivity index (χ3v) is 3.18. The van der Waals surface area contributed by atoms with Crippen LogP contribution in [-0.4, -0.2) is 36.1 Å². The molecule has 0 spiro atoms. The van der Waals surface area contributed by atoms with Crippen molar-refractivity contribution in [3.05, 3.63) is 53.6 Å². The average Bonchev–Trinajstić information content (AvgIpc) is 2.61. The van der Waals surface area contributed by atoms with E-state index in [2.05, 4.69) is 20.2 Å². The van der Waals surface area contributed by atoms with E-state index in [9.17, 15) is 4.39 Å². The summed E-state index contributed by atoms with van der Waals surface area (Å²) >= 11 is 0. The summed E-state index contributed by atoms with van der Waals surface area (Å²) in [4.78, 5) is 10.8. The summed E-state index contributed by atoms with van der Waals surface area (Å²) < 4.78 is 12.1. The first kappa shape index (κ1) is 19.0. The second-order valence-corrected chi connectivity index (χ2v) is 5.09. The minimum Gasteiger partial charge on any atom is -0.338 e. The Kier molecular flexibility index (Phi) is 8.83. The maximum absolute atomic E-state index is 12.1. The van der Waals surface area contributed by atoms with E-state index in [4.69, 9.17) is 0 Å². The third-order valence-electron chi connectivity index (χ3n) is 3.18. The van der Waals surface area contributed by atoms with E-state index >= 15 is 0 Å². The lowest BCUT2D eigenvalue weighted by atomic mass is 10.2. The van der Waals surface area contributed by atoms with Crippen LogP contribution in [0.15, 0.2) is 36.7 Å². The number of aromatic nitrogens is 2. The van der Waals surface area contributed by atoms with E-state index < -0.39 is 0 Å². The predicted molar refractivity (Wildman–Crippen MR) is 94.3 cm³/mol. The smallest absolute Gasteiger partial charge is 0.225 e. The van der Waals surface area contributed by atoms with Gasteiger partial charge in [-0.05, 0) is 31.5 Å². The number of hydrogen-bond acceptors (Lipinski definition) is 4. The molecule has 0 amide bonds. The molecule has 1 aromatic heterocycles. The van der Waals surface area contributed by atoms with Crippen LogP contribution in [0.3, 0.4) is 0 Å². The molecule has 0 saturated carbocycles. The molecule has 1 saturated heterocycles. The van der Waals surface area contributed by atoms with Gasteiger partial charge in [-0.2, -0.15) is 0 Å². The predicted octanol–water partition coefficient (Wildman–Crippen LogP) is 3.35. The fourth-order valence-electron chi connectivity index (χ4n) is 1.95. The average molecular weight is 318 g/mol. The zero-order valence-corrected chi connectivity index (χ0v) is 14.5. The highest BCUT2D eigenvalue weighted by atomic mass is 19.1. The molecule has 0 unspecified atom stereocenters. The Morgan fingerprint density at radius 2 is 1.43 bits per heavy atom. The number of halogens is 1. The Labute approximate surface area is 138 Å². The van der Waals surface area contributed by atoms with Gasteiger partial charge in [0.25, 0.3) is 0 Å². The van der Waals surface area contributed by atoms with Gasteiger partial charge < -0.3 is 10.2 Å². The quantitative estimate of drug-likeness (QED) is 0.875. The molecule has 0 bridgehead atoms. The summed E-state index contributed by atoms with van der Waals surface area (Å²) in [6.45, 7) is 12.0. The van der Waals surface area contributed by atoms with Crippen LogP contribution in [0.1, 0.15) is 25.0 Å². The number of hydrogen-bond donors (Lipinski definition) is 1. The van der Waals surface area contributed by atoms with Crippen LogP contribution >= 0.6 is 0 Å². The number of benzene rings is 1. The van der Waals surface area contributed by atoms with Crippen LogP contribution in [0, 0.1) is 19.7 Å². The molecule has 3 rings (SSSR count). The normalized spacial score (nSPS) is 13.3. The molecule has 0 atom stereocenters. The van der Waals surface area contributed by atoms with E-state index in [-0.39, 0.29) is 5.82 Å². The molecular formula is C18H27FN4. The van der Waals surface area contributed by atoms with Crippen molar-refractivity contribution in [2.75, 3.05) is 31.1 Å². The van der Waals surface area contributed by atoms with Crippen molar-refractivity contribution in [1.29, 1.82) is 0 Å². The number of nitrogens with one attached hydrogen (secondary N) is 1. The van der Waals surface area contributed by atoms with Gasteiger partial charge >= 0.3 is 0 Å². The number of anilines is 1. The van der Waals surface area contributed by atoms with Gasteiger partial charge in [-0.25, -0.2) is 14.4 Å². The van der Waals surface area contributed by atoms with Crippen LogP contribution < -0.4 is 10.2 Å². The molecule has 0 aliphatic carbocycles. The zero-order valence-electron chi connectivity index (χ0n) is 14.5. The fraction of sp³-hybridized carbons (Fsp3) is 0.444. The Hall–Kier alpha value is -2.01. The van der Waals surface area contributed by atoms with Crippen LogP contribution in [-0.2, 0) is 0 Å². The van der Waals surface area contributed by atoms with Crippen LogP contribution in [0.2, 0.25) is 0 Å². The molecular weight excluding hydrogens is 291 g/mol. The maximum atomic E-state index is 12.1. The largest absolute Gasteiger partial charge is 0.338 e. The molecule has 1 fully saturated rings. The minimum absolute atomic E-state index is 0.171. The molecule has 5 heteroatoms. The van der Waals surface area contributed by atoms with Crippen LogP contribution in [0.25, 0.3) is 0 Å². The summed E-state index contributed by atoms with van der Waals surface area (Å²) in [6.07, 6.45) is 3.73. The van der Waals surface area contributed by atoms with Crippen LogP contribution in [0.4, 0.5) is 10.3 Å². The first-order valence-corrected chi connectivity index (χ1v) is 8.11. The highest BCUT2D eigenvalue weighted by Crippen LogP contribution is 2.06. The van der Waals surface area contributed by atoms with Gasteiger partial charge in [0.15, 0.2) is 0 Å². The highest BCUT2D eigenvalue weighted by Gasteiger charge is 2.11. The molecule has 1 aromatic carbocycles. The molecule has 0 radical (unpaired) electrons. The number of nitrogens with zero attached hydrogens (tertiary/aromatic N) is 3. The molecule has 4 nitrogen and oxygen atoms in total. The second kappa shape index (κ2) is 10.7. The summed E-state index contributed by atoms with van der Waals surface area (Å²) in [5.74, 6) is 0.683. The lowest BCUT2D eigenvalue weighted by molar-refractivity contribution is 0.579. The monoisotopic (exact) mass is 318 g/mol. The topological polar surface area (TPSA) is 41.1 Å². The molecule has 23 heavy (non-hydrogen) atoms. The van der Waals surface area contributed by atoms with Gasteiger partial charge in [-0.1, -0.05) is 31.5 Å². The van der Waals surface area contributed by atoms with E-state index in [1.807, 2.05) is 40.1 Å². The van der Waals surface area contributed by atoms with Gasteiger partial charge in [0.2, 0.25) is 5.95 Å². The Morgan fingerprint density at radius 1 is 0.913 bits per heavy atom. The molecule has 1 N–H and O–H groups in total. The van der Waals surface area contributed by atoms with E-state index in [1.165, 1.54) is 12.1 Å². The van der Waals surface area contributed by atoms with Gasteiger partial charge in [0.05, 0.1) is 0 Å². The van der Waals surface area contributed by atoms with E-state index in [1.54, 1.807) is 12.1 Å². The summed E-state index contributed by atoms with van der Waals surface area (Å²) in [5, 5.41) is 3.30. The van der Waals surface area contributed by atoms with Crippen molar-refractivity contribution in [3.8, 4) is 0 Å². The van der Waals surface area contributed by atoms with Crippen molar-refractivity contribution in [1.82, 2.24) is 15.3 Å². The summed E-state index contributed by atoms with van der Waals surface area (Å²) in [5.41, 5.74) is 2.20. The Bertz CT molecular complexity index is 513. The number of aryl methyl sites for hydroxylation is 2. The van der Waals surface area contributed by atoms with Crippen molar-refractivity contribution >= 4 is 5.95 Å². The SMILES string of the molecule is CC.Cc1ccc(F)cc1.Cc1cnc(N2CCNCC2)nc1. The van der Waals surface area contributed by atoms with Crippen molar-refractivity contribution in [2.24, 2.45) is 0 Å². The molecule has 2 aromatic rings. The molecule has 2 heterocycles. The van der Waals surface area contributed by atoms with Crippen molar-refractivity contribution in [3.63, 3.8) is 0 Å². The number of piperazine rings is 1. The third kappa shape index (κ3) is 7.19. The molecule has 1 aliphatic rings. The Balaban J connectivity index is 0.000000228. The maximum Gasteiger partial charge on any atom is 0.225 e. The van der Waals surface area contributed by atoms with Gasteiger partial charge in [0, 0.05) is 38.6 Å². The minimum atomic E-state index is -0.171. The standard InChI is InChI=1S/C9H14N4.C7H7F.C2H6/c1-8-6-11-9(12-7-8)13-4-2-10-3-5-13;1-6-2-4-7(8)5-3-6;1-2/h6-7,10H,2-5H2,1H3;2-5H,1H3;1-2H3. The molecule has 126 valence electrons. The first-order valence-electron chi connectivity index (χ1n) is 8.11. The number of rotatable bonds is 1. The first-order chi connectivity index (χ1) is 11.1. The van der Waals surface area contributed by atoms with Crippen molar-refractivity contribution < 1.29 is 4.39 Å². The van der Waals surface area contributed by atoms with Gasteiger partial charge in [-0.15, -0.1) is 0 Å². The fourth-order valence-corrected chi connectivity index (χ4v) is 1.95. The van der Waals surface area contributed by atoms with E-state index in [0.29, 0.717) is 0 Å². The summed E-state index contributed by atoms with van der Waals surface area (Å²) in [7, 11) is 0. The van der Waals surface area contributed by atoms with Crippen LogP contribution in [0.5, 0.6) is 0 Å². The van der Waals surface area contributed by atoms with Gasteiger partial charge in [-0.3, -0.25) is 0 Å². The second-order valence-electron chi connectivity index (χ2n) is 5.09.